The number of amides is 1. The summed E-state index contributed by atoms with van der Waals surface area (Å²) in [7, 11) is 1.53. The zero-order chi connectivity index (χ0) is 22.8. The van der Waals surface area contributed by atoms with Crippen LogP contribution in [-0.4, -0.2) is 28.2 Å². The van der Waals surface area contributed by atoms with Gasteiger partial charge >= 0.3 is 0 Å². The smallest absolute Gasteiger partial charge is 0.260 e. The fourth-order valence-corrected chi connectivity index (χ4v) is 5.42. The Morgan fingerprint density at radius 2 is 2.16 bits per heavy atom. The van der Waals surface area contributed by atoms with Gasteiger partial charge in [0.2, 0.25) is 5.91 Å². The number of halogens is 1. The molecule has 10 heteroatoms. The van der Waals surface area contributed by atoms with E-state index in [1.54, 1.807) is 37.5 Å². The topological polar surface area (TPSA) is 97.2 Å². The van der Waals surface area contributed by atoms with E-state index >= 15 is 0 Å². The molecule has 1 amide bonds. The van der Waals surface area contributed by atoms with Crippen LogP contribution in [-0.2, 0) is 4.79 Å². The molecule has 0 aliphatic rings. The van der Waals surface area contributed by atoms with Gasteiger partial charge in [-0.3, -0.25) is 9.59 Å². The van der Waals surface area contributed by atoms with Crippen molar-refractivity contribution < 1.29 is 13.9 Å². The van der Waals surface area contributed by atoms with Crippen LogP contribution in [0.2, 0.25) is 5.02 Å². The van der Waals surface area contributed by atoms with Crippen LogP contribution in [0.5, 0.6) is 5.75 Å². The van der Waals surface area contributed by atoms with Crippen LogP contribution in [0, 0.1) is 0 Å². The van der Waals surface area contributed by atoms with Gasteiger partial charge in [0.15, 0.2) is 0 Å². The molecule has 32 heavy (non-hydrogen) atoms. The molecular weight excluding hydrogens is 470 g/mol. The summed E-state index contributed by atoms with van der Waals surface area (Å²) in [6.07, 6.45) is 1.57. The maximum atomic E-state index is 12.8. The molecule has 2 atom stereocenters. The van der Waals surface area contributed by atoms with Crippen molar-refractivity contribution in [3.8, 4) is 17.1 Å². The Morgan fingerprint density at radius 1 is 1.34 bits per heavy atom. The summed E-state index contributed by atoms with van der Waals surface area (Å²) < 4.78 is 10.6. The number of nitrogens with zero attached hydrogens (tertiary/aromatic N) is 1. The predicted molar refractivity (Wildman–Crippen MR) is 130 cm³/mol. The number of aromatic nitrogens is 2. The first-order chi connectivity index (χ1) is 15.4. The molecule has 3 aromatic heterocycles. The number of fused-ring (bicyclic) bond motifs is 1. The lowest BCUT2D eigenvalue weighted by atomic mass is 10.2. The standard InChI is InChI=1S/C22H20ClN3O4S2/c1-11(32-12(2)20(27)24-13-6-7-17(29-3)15(23)9-13)19-25-21(28)18-14(10-31-22(18)26-19)16-5-4-8-30-16/h4-12H,1-3H3,(H,24,27)(H,25,26,28). The highest BCUT2D eigenvalue weighted by Gasteiger charge is 2.22. The van der Waals surface area contributed by atoms with Crippen LogP contribution in [0.3, 0.4) is 0 Å². The number of rotatable bonds is 7. The third-order valence-electron chi connectivity index (χ3n) is 4.83. The minimum absolute atomic E-state index is 0.178. The van der Waals surface area contributed by atoms with E-state index in [0.29, 0.717) is 38.3 Å². The quantitative estimate of drug-likeness (QED) is 0.344. The molecule has 166 valence electrons. The number of methoxy groups -OCH3 is 1. The summed E-state index contributed by atoms with van der Waals surface area (Å²) in [5, 5.41) is 5.04. The summed E-state index contributed by atoms with van der Waals surface area (Å²) in [6, 6.07) is 8.65. The van der Waals surface area contributed by atoms with Crippen molar-refractivity contribution in [3.05, 3.63) is 63.2 Å². The van der Waals surface area contributed by atoms with Crippen LogP contribution in [0.4, 0.5) is 5.69 Å². The molecule has 3 heterocycles. The van der Waals surface area contributed by atoms with E-state index in [9.17, 15) is 9.59 Å². The molecule has 0 saturated heterocycles. The first-order valence-corrected chi connectivity index (χ1v) is 11.9. The minimum atomic E-state index is -0.395. The van der Waals surface area contributed by atoms with Crippen molar-refractivity contribution in [2.24, 2.45) is 0 Å². The van der Waals surface area contributed by atoms with E-state index in [2.05, 4.69) is 15.3 Å². The summed E-state index contributed by atoms with van der Waals surface area (Å²) in [4.78, 5) is 33.6. The second-order valence-electron chi connectivity index (χ2n) is 7.02. The lowest BCUT2D eigenvalue weighted by Crippen LogP contribution is -2.23. The number of carbonyl (C=O) groups is 1. The molecular formula is C22H20ClN3O4S2. The third kappa shape index (κ3) is 4.55. The molecule has 0 saturated carbocycles. The Hall–Kier alpha value is -2.75. The van der Waals surface area contributed by atoms with Crippen molar-refractivity contribution in [2.75, 3.05) is 12.4 Å². The molecule has 2 unspecified atom stereocenters. The number of hydrogen-bond donors (Lipinski definition) is 2. The molecule has 4 rings (SSSR count). The Morgan fingerprint density at radius 3 is 2.84 bits per heavy atom. The fourth-order valence-electron chi connectivity index (χ4n) is 3.19. The highest BCUT2D eigenvalue weighted by molar-refractivity contribution is 8.00. The van der Waals surface area contributed by atoms with E-state index in [1.807, 2.05) is 18.4 Å². The van der Waals surface area contributed by atoms with Crippen molar-refractivity contribution in [2.45, 2.75) is 24.3 Å². The van der Waals surface area contributed by atoms with Crippen LogP contribution >= 0.6 is 34.7 Å². The number of thiophene rings is 1. The number of benzene rings is 1. The summed E-state index contributed by atoms with van der Waals surface area (Å²) in [5.74, 6) is 1.51. The zero-order valence-electron chi connectivity index (χ0n) is 17.5. The van der Waals surface area contributed by atoms with Gasteiger partial charge in [0.25, 0.3) is 5.56 Å². The van der Waals surface area contributed by atoms with E-state index in [4.69, 9.17) is 20.8 Å². The van der Waals surface area contributed by atoms with E-state index < -0.39 is 5.25 Å². The van der Waals surface area contributed by atoms with Crippen LogP contribution in [0.15, 0.2) is 51.2 Å². The average Bonchev–Trinajstić information content (AvgIpc) is 3.43. The first-order valence-electron chi connectivity index (χ1n) is 9.72. The molecule has 2 N–H and O–H groups in total. The molecule has 0 spiro atoms. The Bertz CT molecular complexity index is 1320. The van der Waals surface area contributed by atoms with Crippen LogP contribution < -0.4 is 15.6 Å². The predicted octanol–water partition coefficient (Wildman–Crippen LogP) is 5.73. The zero-order valence-corrected chi connectivity index (χ0v) is 19.9. The van der Waals surface area contributed by atoms with Gasteiger partial charge in [0.1, 0.15) is 22.2 Å². The number of furan rings is 1. The number of thioether (sulfide) groups is 1. The SMILES string of the molecule is COc1ccc(NC(=O)C(C)SC(C)c2nc3scc(-c4ccco4)c3c(=O)[nH]2)cc1Cl. The maximum absolute atomic E-state index is 12.8. The highest BCUT2D eigenvalue weighted by Crippen LogP contribution is 2.34. The number of aromatic amines is 1. The molecule has 1 aromatic carbocycles. The monoisotopic (exact) mass is 489 g/mol. The number of carbonyl (C=O) groups excluding carboxylic acids is 1. The Labute approximate surface area is 197 Å². The van der Waals surface area contributed by atoms with Crippen LogP contribution in [0.1, 0.15) is 24.9 Å². The van der Waals surface area contributed by atoms with Crippen molar-refractivity contribution in [3.63, 3.8) is 0 Å². The second-order valence-corrected chi connectivity index (χ2v) is 9.97. The van der Waals surface area contributed by atoms with Gasteiger partial charge in [-0.2, -0.15) is 0 Å². The van der Waals surface area contributed by atoms with Gasteiger partial charge in [-0.25, -0.2) is 4.98 Å². The number of hydrogen-bond acceptors (Lipinski definition) is 7. The molecule has 0 radical (unpaired) electrons. The lowest BCUT2D eigenvalue weighted by molar-refractivity contribution is -0.115. The average molecular weight is 490 g/mol. The normalized spacial score (nSPS) is 13.1. The molecule has 0 bridgehead atoms. The number of ether oxygens (including phenoxy) is 1. The number of nitrogens with one attached hydrogen (secondary N) is 2. The molecule has 0 aliphatic carbocycles. The van der Waals surface area contributed by atoms with Gasteiger partial charge in [0, 0.05) is 16.6 Å². The number of anilines is 1. The van der Waals surface area contributed by atoms with Gasteiger partial charge in [0.05, 0.1) is 34.3 Å². The van der Waals surface area contributed by atoms with Crippen molar-refractivity contribution >= 4 is 56.5 Å². The molecule has 4 aromatic rings. The maximum Gasteiger partial charge on any atom is 0.260 e. The Kier molecular flexibility index (Phi) is 6.59. The van der Waals surface area contributed by atoms with Gasteiger partial charge in [-0.05, 0) is 44.2 Å². The van der Waals surface area contributed by atoms with Gasteiger partial charge in [-0.1, -0.05) is 11.6 Å². The molecule has 0 aliphatic heterocycles. The third-order valence-corrected chi connectivity index (χ3v) is 7.25. The van der Waals surface area contributed by atoms with Crippen molar-refractivity contribution in [1.29, 1.82) is 0 Å². The molecule has 0 fully saturated rings. The fraction of sp³-hybridized carbons (Fsp3) is 0.227. The number of H-pyrrole nitrogens is 1. The Balaban J connectivity index is 1.48. The first kappa shape index (κ1) is 22.4. The minimum Gasteiger partial charge on any atom is -0.495 e. The van der Waals surface area contributed by atoms with E-state index in [1.165, 1.54) is 30.2 Å². The second kappa shape index (κ2) is 9.40. The van der Waals surface area contributed by atoms with Gasteiger partial charge in [-0.15, -0.1) is 23.1 Å². The molecule has 7 nitrogen and oxygen atoms in total. The highest BCUT2D eigenvalue weighted by atomic mass is 35.5. The summed E-state index contributed by atoms with van der Waals surface area (Å²) in [5.41, 5.74) is 1.08. The summed E-state index contributed by atoms with van der Waals surface area (Å²) >= 11 is 8.91. The van der Waals surface area contributed by atoms with E-state index in [-0.39, 0.29) is 16.7 Å². The van der Waals surface area contributed by atoms with Gasteiger partial charge < -0.3 is 19.5 Å². The largest absolute Gasteiger partial charge is 0.495 e. The van der Waals surface area contributed by atoms with E-state index in [0.717, 1.165) is 5.56 Å². The summed E-state index contributed by atoms with van der Waals surface area (Å²) in [6.45, 7) is 3.71. The van der Waals surface area contributed by atoms with Crippen LogP contribution in [0.25, 0.3) is 21.5 Å². The lowest BCUT2D eigenvalue weighted by Gasteiger charge is -2.17. The van der Waals surface area contributed by atoms with Crippen molar-refractivity contribution in [1.82, 2.24) is 9.97 Å².